The van der Waals surface area contributed by atoms with E-state index in [0.29, 0.717) is 30.1 Å². The standard InChI is InChI=1S/C40H33ClF3N3O2/c41-35-19-16-31-21-23-46(27-33(31)25-35)39(49)37(24-29-6-2-1-3-7-29)47(26-30-9-14-32(15-10-30)36-8-4-5-22-45-36)38(48)20-13-28-11-17-34(18-12-28)40(42,43)44/h1-20,22,25,37H,21,23-24,26-27H2. The Bertz CT molecular complexity index is 1930. The molecule has 4 aromatic carbocycles. The molecule has 0 bridgehead atoms. The number of hydrogen-bond acceptors (Lipinski definition) is 3. The van der Waals surface area contributed by atoms with Crippen LogP contribution < -0.4 is 0 Å². The van der Waals surface area contributed by atoms with Gasteiger partial charge in [-0.25, -0.2) is 0 Å². The molecule has 0 saturated carbocycles. The Labute approximate surface area is 288 Å². The van der Waals surface area contributed by atoms with Gasteiger partial charge in [-0.05, 0) is 76.7 Å². The van der Waals surface area contributed by atoms with Crippen molar-refractivity contribution in [3.05, 3.63) is 166 Å². The van der Waals surface area contributed by atoms with Crippen LogP contribution in [0.25, 0.3) is 17.3 Å². The molecule has 1 atom stereocenters. The average molecular weight is 680 g/mol. The van der Waals surface area contributed by atoms with E-state index < -0.39 is 23.7 Å². The predicted octanol–water partition coefficient (Wildman–Crippen LogP) is 8.66. The summed E-state index contributed by atoms with van der Waals surface area (Å²) in [7, 11) is 0. The lowest BCUT2D eigenvalue weighted by atomic mass is 9.97. The van der Waals surface area contributed by atoms with Gasteiger partial charge in [-0.15, -0.1) is 0 Å². The van der Waals surface area contributed by atoms with Gasteiger partial charge in [-0.3, -0.25) is 14.6 Å². The van der Waals surface area contributed by atoms with E-state index in [4.69, 9.17) is 11.6 Å². The second-order valence-electron chi connectivity index (χ2n) is 12.0. The van der Waals surface area contributed by atoms with Crippen molar-refractivity contribution in [3.63, 3.8) is 0 Å². The Morgan fingerprint density at radius 3 is 2.29 bits per heavy atom. The third-order valence-corrected chi connectivity index (χ3v) is 8.87. The zero-order chi connectivity index (χ0) is 34.4. The maximum absolute atomic E-state index is 14.5. The number of amides is 2. The van der Waals surface area contributed by atoms with Crippen molar-refractivity contribution < 1.29 is 22.8 Å². The van der Waals surface area contributed by atoms with Gasteiger partial charge in [-0.2, -0.15) is 13.2 Å². The molecule has 0 aliphatic carbocycles. The minimum Gasteiger partial charge on any atom is -0.336 e. The highest BCUT2D eigenvalue weighted by atomic mass is 35.5. The number of hydrogen-bond donors (Lipinski definition) is 0. The van der Waals surface area contributed by atoms with Gasteiger partial charge in [0.15, 0.2) is 0 Å². The first-order chi connectivity index (χ1) is 23.6. The van der Waals surface area contributed by atoms with Crippen LogP contribution in [0.3, 0.4) is 0 Å². The molecule has 5 aromatic rings. The van der Waals surface area contributed by atoms with E-state index >= 15 is 0 Å². The van der Waals surface area contributed by atoms with Gasteiger partial charge in [0.25, 0.3) is 0 Å². The third-order valence-electron chi connectivity index (χ3n) is 8.63. The molecule has 248 valence electrons. The monoisotopic (exact) mass is 679 g/mol. The lowest BCUT2D eigenvalue weighted by Crippen LogP contribution is -2.52. The number of aromatic nitrogens is 1. The zero-order valence-electron chi connectivity index (χ0n) is 26.5. The largest absolute Gasteiger partial charge is 0.416 e. The fourth-order valence-corrected chi connectivity index (χ4v) is 6.19. The van der Waals surface area contributed by atoms with Crippen LogP contribution >= 0.6 is 11.6 Å². The van der Waals surface area contributed by atoms with Crippen LogP contribution in [0, 0.1) is 0 Å². The van der Waals surface area contributed by atoms with Crippen molar-refractivity contribution in [2.24, 2.45) is 0 Å². The SMILES string of the molecule is O=C(C(Cc1ccccc1)N(Cc1ccc(-c2ccccn2)cc1)C(=O)C=Cc1ccc(C(F)(F)F)cc1)N1CCc2ccc(Cl)cc2C1. The summed E-state index contributed by atoms with van der Waals surface area (Å²) in [5, 5.41) is 0.591. The molecular formula is C40H33ClF3N3O2. The topological polar surface area (TPSA) is 53.5 Å². The molecule has 1 unspecified atom stereocenters. The number of carbonyl (C=O) groups is 2. The molecule has 1 aliphatic rings. The Morgan fingerprint density at radius 1 is 0.857 bits per heavy atom. The number of nitrogens with zero attached hydrogens (tertiary/aromatic N) is 3. The van der Waals surface area contributed by atoms with Gasteiger partial charge in [0.05, 0.1) is 11.3 Å². The Morgan fingerprint density at radius 2 is 1.59 bits per heavy atom. The molecule has 6 rings (SSSR count). The van der Waals surface area contributed by atoms with Crippen LogP contribution in [0.2, 0.25) is 5.02 Å². The van der Waals surface area contributed by atoms with Gasteiger partial charge >= 0.3 is 6.18 Å². The van der Waals surface area contributed by atoms with Crippen LogP contribution in [0.15, 0.2) is 128 Å². The van der Waals surface area contributed by atoms with Crippen molar-refractivity contribution in [3.8, 4) is 11.3 Å². The number of rotatable bonds is 9. The Balaban J connectivity index is 1.34. The van der Waals surface area contributed by atoms with Crippen molar-refractivity contribution in [1.82, 2.24) is 14.8 Å². The molecule has 5 nitrogen and oxygen atoms in total. The summed E-state index contributed by atoms with van der Waals surface area (Å²) in [4.78, 5) is 36.4. The van der Waals surface area contributed by atoms with Crippen LogP contribution in [0.5, 0.6) is 0 Å². The molecule has 1 aliphatic heterocycles. The Hall–Kier alpha value is -5.21. The normalized spacial score (nSPS) is 13.6. The van der Waals surface area contributed by atoms with E-state index in [2.05, 4.69) is 4.98 Å². The van der Waals surface area contributed by atoms with E-state index in [9.17, 15) is 22.8 Å². The summed E-state index contributed by atoms with van der Waals surface area (Å²) in [6.07, 6.45) is 0.980. The first-order valence-electron chi connectivity index (χ1n) is 15.9. The fourth-order valence-electron chi connectivity index (χ4n) is 5.99. The van der Waals surface area contributed by atoms with Crippen LogP contribution in [-0.2, 0) is 41.7 Å². The van der Waals surface area contributed by atoms with Gasteiger partial charge in [0.1, 0.15) is 6.04 Å². The maximum atomic E-state index is 14.5. The van der Waals surface area contributed by atoms with Crippen LogP contribution in [-0.4, -0.2) is 39.2 Å². The lowest BCUT2D eigenvalue weighted by molar-refractivity contribution is -0.144. The molecule has 9 heteroatoms. The summed E-state index contributed by atoms with van der Waals surface area (Å²) in [6.45, 7) is 0.974. The van der Waals surface area contributed by atoms with Gasteiger partial charge in [-0.1, -0.05) is 90.5 Å². The fraction of sp³-hybridized carbons (Fsp3) is 0.175. The van der Waals surface area contributed by atoms with Gasteiger partial charge in [0.2, 0.25) is 11.8 Å². The molecule has 0 radical (unpaired) electrons. The third kappa shape index (κ3) is 8.45. The van der Waals surface area contributed by atoms with Gasteiger partial charge in [0, 0.05) is 48.9 Å². The van der Waals surface area contributed by atoms with Crippen molar-refractivity contribution in [2.75, 3.05) is 6.54 Å². The average Bonchev–Trinajstić information content (AvgIpc) is 3.12. The second kappa shape index (κ2) is 14.9. The first-order valence-corrected chi connectivity index (χ1v) is 16.3. The molecule has 0 fully saturated rings. The van der Waals surface area contributed by atoms with Crippen molar-refractivity contribution in [1.29, 1.82) is 0 Å². The van der Waals surface area contributed by atoms with Crippen LogP contribution in [0.4, 0.5) is 13.2 Å². The molecule has 1 aromatic heterocycles. The highest BCUT2D eigenvalue weighted by molar-refractivity contribution is 6.30. The molecule has 2 heterocycles. The number of carbonyl (C=O) groups excluding carboxylic acids is 2. The molecule has 0 saturated heterocycles. The van der Waals surface area contributed by atoms with E-state index in [0.717, 1.165) is 45.6 Å². The van der Waals surface area contributed by atoms with E-state index in [1.807, 2.05) is 91.0 Å². The predicted molar refractivity (Wildman–Crippen MR) is 185 cm³/mol. The maximum Gasteiger partial charge on any atom is 0.416 e. The van der Waals surface area contributed by atoms with E-state index in [1.165, 1.54) is 24.3 Å². The number of halogens is 4. The summed E-state index contributed by atoms with van der Waals surface area (Å²) >= 11 is 6.30. The molecule has 0 N–H and O–H groups in total. The highest BCUT2D eigenvalue weighted by Crippen LogP contribution is 2.30. The summed E-state index contributed by atoms with van der Waals surface area (Å²) in [5.74, 6) is -0.640. The number of alkyl halides is 3. The molecule has 49 heavy (non-hydrogen) atoms. The summed E-state index contributed by atoms with van der Waals surface area (Å²) in [6, 6.07) is 32.3. The lowest BCUT2D eigenvalue weighted by Gasteiger charge is -2.37. The van der Waals surface area contributed by atoms with Crippen LogP contribution in [0.1, 0.15) is 33.4 Å². The van der Waals surface area contributed by atoms with E-state index in [-0.39, 0.29) is 18.9 Å². The van der Waals surface area contributed by atoms with Crippen molar-refractivity contribution >= 4 is 29.5 Å². The molecule has 2 amide bonds. The number of benzene rings is 4. The quantitative estimate of drug-likeness (QED) is 0.147. The second-order valence-corrected chi connectivity index (χ2v) is 12.4. The Kier molecular flexibility index (Phi) is 10.3. The smallest absolute Gasteiger partial charge is 0.336 e. The minimum atomic E-state index is -4.47. The highest BCUT2D eigenvalue weighted by Gasteiger charge is 2.34. The molecular weight excluding hydrogens is 647 g/mol. The minimum absolute atomic E-state index is 0.123. The van der Waals surface area contributed by atoms with Gasteiger partial charge < -0.3 is 9.80 Å². The van der Waals surface area contributed by atoms with Crippen molar-refractivity contribution in [2.45, 2.75) is 38.1 Å². The summed E-state index contributed by atoms with van der Waals surface area (Å²) in [5.41, 5.74) is 5.16. The first kappa shape index (κ1) is 33.7. The molecule has 0 spiro atoms. The summed E-state index contributed by atoms with van der Waals surface area (Å²) < 4.78 is 39.4. The number of fused-ring (bicyclic) bond motifs is 1. The zero-order valence-corrected chi connectivity index (χ0v) is 27.2. The van der Waals surface area contributed by atoms with E-state index in [1.54, 1.807) is 16.0 Å². The number of pyridine rings is 1.